The van der Waals surface area contributed by atoms with E-state index < -0.39 is 11.5 Å². The number of aliphatic hydroxyl groups excluding tert-OH is 1. The average Bonchev–Trinajstić information content (AvgIpc) is 2.98. The molecule has 0 radical (unpaired) electrons. The number of aliphatic hydroxyl groups is 1. The van der Waals surface area contributed by atoms with Crippen LogP contribution in [0.25, 0.3) is 10.9 Å². The second kappa shape index (κ2) is 5.46. The van der Waals surface area contributed by atoms with Gasteiger partial charge in [0.15, 0.2) is 0 Å². The summed E-state index contributed by atoms with van der Waals surface area (Å²) in [6.07, 6.45) is 2.83. The Balaban J connectivity index is 1.95. The number of hydrogen-bond donors (Lipinski definition) is 1. The molecule has 1 fully saturated rings. The molecule has 1 aliphatic carbocycles. The van der Waals surface area contributed by atoms with Gasteiger partial charge >= 0.3 is 0 Å². The maximum atomic E-state index is 10.8. The summed E-state index contributed by atoms with van der Waals surface area (Å²) >= 11 is 0. The van der Waals surface area contributed by atoms with Gasteiger partial charge in [-0.2, -0.15) is 5.26 Å². The summed E-state index contributed by atoms with van der Waals surface area (Å²) in [5.41, 5.74) is 0.815. The molecule has 108 valence electrons. The highest BCUT2D eigenvalue weighted by Crippen LogP contribution is 2.50. The van der Waals surface area contributed by atoms with Crippen molar-refractivity contribution in [1.82, 2.24) is 4.98 Å². The van der Waals surface area contributed by atoms with E-state index in [0.717, 1.165) is 36.6 Å². The quantitative estimate of drug-likeness (QED) is 0.924. The first kappa shape index (κ1) is 14.0. The lowest BCUT2D eigenvalue weighted by molar-refractivity contribution is 0.0606. The molecule has 2 aromatic rings. The number of benzene rings is 1. The molecule has 1 aromatic heterocycles. The Morgan fingerprint density at radius 3 is 2.90 bits per heavy atom. The van der Waals surface area contributed by atoms with Crippen LogP contribution in [0.3, 0.4) is 0 Å². The summed E-state index contributed by atoms with van der Waals surface area (Å²) in [4.78, 5) is 4.56. The Morgan fingerprint density at radius 2 is 2.19 bits per heavy atom. The highest BCUT2D eigenvalue weighted by molar-refractivity contribution is 5.78. The Hall–Kier alpha value is -1.92. The van der Waals surface area contributed by atoms with Crippen molar-refractivity contribution in [3.8, 4) is 6.07 Å². The van der Waals surface area contributed by atoms with E-state index in [0.29, 0.717) is 11.6 Å². The Kier molecular flexibility index (Phi) is 3.65. The molecule has 3 nitrogen and oxygen atoms in total. The Labute approximate surface area is 125 Å². The van der Waals surface area contributed by atoms with Gasteiger partial charge in [0.2, 0.25) is 0 Å². The zero-order chi connectivity index (χ0) is 14.9. The zero-order valence-corrected chi connectivity index (χ0v) is 12.3. The molecule has 0 bridgehead atoms. The average molecular weight is 280 g/mol. The minimum atomic E-state index is -0.802. The first-order chi connectivity index (χ1) is 10.2. The molecule has 0 amide bonds. The maximum Gasteiger partial charge on any atom is 0.115 e. The van der Waals surface area contributed by atoms with Crippen molar-refractivity contribution in [3.05, 3.63) is 42.1 Å². The van der Waals surface area contributed by atoms with Crippen LogP contribution < -0.4 is 0 Å². The van der Waals surface area contributed by atoms with E-state index in [-0.39, 0.29) is 0 Å². The van der Waals surface area contributed by atoms with Crippen molar-refractivity contribution < 1.29 is 5.11 Å². The third-order valence-corrected chi connectivity index (χ3v) is 4.88. The van der Waals surface area contributed by atoms with Crippen LogP contribution in [0.15, 0.2) is 36.4 Å². The number of fused-ring (bicyclic) bond motifs is 1. The van der Waals surface area contributed by atoms with E-state index in [9.17, 15) is 10.4 Å². The molecular weight excluding hydrogens is 260 g/mol. The third kappa shape index (κ3) is 2.41. The van der Waals surface area contributed by atoms with Gasteiger partial charge in [-0.25, -0.2) is 0 Å². The molecule has 21 heavy (non-hydrogen) atoms. The van der Waals surface area contributed by atoms with Gasteiger partial charge in [0.25, 0.3) is 0 Å². The van der Waals surface area contributed by atoms with Crippen molar-refractivity contribution in [3.63, 3.8) is 0 Å². The van der Waals surface area contributed by atoms with Crippen LogP contribution in [0.4, 0.5) is 0 Å². The number of aromatic nitrogens is 1. The summed E-state index contributed by atoms with van der Waals surface area (Å²) in [6.45, 7) is 2.15. The normalized spacial score (nSPS) is 26.6. The molecular formula is C18H20N2O. The number of nitrogens with zero attached hydrogens (tertiary/aromatic N) is 2. The monoisotopic (exact) mass is 280 g/mol. The van der Waals surface area contributed by atoms with E-state index in [1.807, 2.05) is 36.4 Å². The highest BCUT2D eigenvalue weighted by atomic mass is 16.3. The Bertz CT molecular complexity index is 691. The molecule has 3 rings (SSSR count). The second-order valence-corrected chi connectivity index (χ2v) is 6.12. The van der Waals surface area contributed by atoms with Crippen molar-refractivity contribution >= 4 is 10.9 Å². The van der Waals surface area contributed by atoms with E-state index in [4.69, 9.17) is 0 Å². The summed E-state index contributed by atoms with van der Waals surface area (Å²) in [7, 11) is 0. The van der Waals surface area contributed by atoms with Crippen LogP contribution in [-0.4, -0.2) is 10.1 Å². The minimum absolute atomic E-state index is 0.541. The lowest BCUT2D eigenvalue weighted by Crippen LogP contribution is -2.25. The number of para-hydroxylation sites is 1. The van der Waals surface area contributed by atoms with Gasteiger partial charge in [0, 0.05) is 5.39 Å². The SMILES string of the molecule is CCC1CCC(C#N)(C(O)c2ccc3ccccc3n2)C1. The second-order valence-electron chi connectivity index (χ2n) is 6.12. The van der Waals surface area contributed by atoms with Crippen molar-refractivity contribution in [2.75, 3.05) is 0 Å². The summed E-state index contributed by atoms with van der Waals surface area (Å²) in [5, 5.41) is 21.4. The molecule has 0 aliphatic heterocycles. The molecule has 0 spiro atoms. The smallest absolute Gasteiger partial charge is 0.115 e. The van der Waals surface area contributed by atoms with Crippen LogP contribution in [0.1, 0.15) is 44.4 Å². The maximum absolute atomic E-state index is 10.8. The van der Waals surface area contributed by atoms with E-state index in [1.165, 1.54) is 0 Å². The number of nitriles is 1. The van der Waals surface area contributed by atoms with Crippen molar-refractivity contribution in [2.24, 2.45) is 11.3 Å². The van der Waals surface area contributed by atoms with Gasteiger partial charge in [-0.1, -0.05) is 37.6 Å². The van der Waals surface area contributed by atoms with Crippen molar-refractivity contribution in [2.45, 2.75) is 38.7 Å². The van der Waals surface area contributed by atoms with Crippen molar-refractivity contribution in [1.29, 1.82) is 5.26 Å². The van der Waals surface area contributed by atoms with Crippen LogP contribution in [0.5, 0.6) is 0 Å². The fourth-order valence-electron chi connectivity index (χ4n) is 3.46. The van der Waals surface area contributed by atoms with E-state index >= 15 is 0 Å². The predicted molar refractivity (Wildman–Crippen MR) is 82.4 cm³/mol. The molecule has 1 saturated carbocycles. The number of hydrogen-bond acceptors (Lipinski definition) is 3. The molecule has 1 aliphatic rings. The van der Waals surface area contributed by atoms with Gasteiger partial charge in [0.05, 0.1) is 22.7 Å². The largest absolute Gasteiger partial charge is 0.385 e. The Morgan fingerprint density at radius 1 is 1.38 bits per heavy atom. The highest BCUT2D eigenvalue weighted by Gasteiger charge is 2.45. The fraction of sp³-hybridized carbons (Fsp3) is 0.444. The summed E-state index contributed by atoms with van der Waals surface area (Å²) in [6, 6.07) is 14.1. The van der Waals surface area contributed by atoms with E-state index in [2.05, 4.69) is 18.0 Å². The molecule has 3 unspecified atom stereocenters. The summed E-state index contributed by atoms with van der Waals surface area (Å²) < 4.78 is 0. The van der Waals surface area contributed by atoms with Gasteiger partial charge in [-0.3, -0.25) is 4.98 Å². The molecule has 1 heterocycles. The van der Waals surface area contributed by atoms with Gasteiger partial charge in [-0.05, 0) is 37.3 Å². The standard InChI is InChI=1S/C18H20N2O/c1-2-13-9-10-18(11-13,12-19)17(21)16-8-7-14-5-3-4-6-15(14)20-16/h3-8,13,17,21H,2,9-11H2,1H3. The number of rotatable bonds is 3. The van der Waals surface area contributed by atoms with Gasteiger partial charge < -0.3 is 5.11 Å². The first-order valence-corrected chi connectivity index (χ1v) is 7.63. The first-order valence-electron chi connectivity index (χ1n) is 7.63. The number of pyridine rings is 1. The van der Waals surface area contributed by atoms with Crippen LogP contribution in [0, 0.1) is 22.7 Å². The predicted octanol–water partition coefficient (Wildman–Crippen LogP) is 3.99. The van der Waals surface area contributed by atoms with Crippen LogP contribution >= 0.6 is 0 Å². The van der Waals surface area contributed by atoms with E-state index in [1.54, 1.807) is 0 Å². The van der Waals surface area contributed by atoms with Crippen LogP contribution in [-0.2, 0) is 0 Å². The fourth-order valence-corrected chi connectivity index (χ4v) is 3.46. The summed E-state index contributed by atoms with van der Waals surface area (Å²) in [5.74, 6) is 0.541. The molecule has 3 heteroatoms. The topological polar surface area (TPSA) is 56.9 Å². The molecule has 0 saturated heterocycles. The third-order valence-electron chi connectivity index (χ3n) is 4.88. The molecule has 3 atom stereocenters. The lowest BCUT2D eigenvalue weighted by Gasteiger charge is -2.27. The lowest BCUT2D eigenvalue weighted by atomic mass is 9.79. The molecule has 1 N–H and O–H groups in total. The molecule has 1 aromatic carbocycles. The zero-order valence-electron chi connectivity index (χ0n) is 12.3. The van der Waals surface area contributed by atoms with Crippen LogP contribution in [0.2, 0.25) is 0 Å². The van der Waals surface area contributed by atoms with Gasteiger partial charge in [0.1, 0.15) is 6.10 Å². The van der Waals surface area contributed by atoms with Gasteiger partial charge in [-0.15, -0.1) is 0 Å². The minimum Gasteiger partial charge on any atom is -0.385 e.